The maximum atomic E-state index is 4.03. The zero-order valence-corrected chi connectivity index (χ0v) is 9.03. The Morgan fingerprint density at radius 3 is 3.14 bits per heavy atom. The number of H-pyrrole nitrogens is 1. The van der Waals surface area contributed by atoms with Crippen LogP contribution in [0, 0.1) is 5.92 Å². The van der Waals surface area contributed by atoms with Crippen molar-refractivity contribution in [3.63, 3.8) is 0 Å². The van der Waals surface area contributed by atoms with Gasteiger partial charge < -0.3 is 0 Å². The smallest absolute Gasteiger partial charge is 0.0523 e. The van der Waals surface area contributed by atoms with E-state index in [2.05, 4.69) is 35.0 Å². The molecular weight excluding hydrogens is 174 g/mol. The maximum Gasteiger partial charge on any atom is 0.0523 e. The monoisotopic (exact) mass is 193 g/mol. The molecule has 1 aromatic heterocycles. The second kappa shape index (κ2) is 4.13. The lowest BCUT2D eigenvalue weighted by Gasteiger charge is -2.24. The van der Waals surface area contributed by atoms with Crippen LogP contribution in [0.15, 0.2) is 12.3 Å². The van der Waals surface area contributed by atoms with Gasteiger partial charge in [0.15, 0.2) is 0 Å². The molecule has 3 nitrogen and oxygen atoms in total. The number of hydrogen-bond donors (Lipinski definition) is 1. The Balaban J connectivity index is 2.04. The van der Waals surface area contributed by atoms with Crippen molar-refractivity contribution in [1.82, 2.24) is 15.1 Å². The minimum atomic E-state index is 0.583. The van der Waals surface area contributed by atoms with Crippen LogP contribution in [0.3, 0.4) is 0 Å². The van der Waals surface area contributed by atoms with Crippen molar-refractivity contribution >= 4 is 0 Å². The lowest BCUT2D eigenvalue weighted by atomic mass is 10.1. The zero-order valence-electron chi connectivity index (χ0n) is 9.03. The van der Waals surface area contributed by atoms with Gasteiger partial charge in [0.05, 0.1) is 11.7 Å². The van der Waals surface area contributed by atoms with E-state index in [-0.39, 0.29) is 0 Å². The highest BCUT2D eigenvalue weighted by molar-refractivity contribution is 5.06. The van der Waals surface area contributed by atoms with Crippen LogP contribution in [-0.2, 0) is 0 Å². The number of nitrogens with one attached hydrogen (secondary N) is 1. The van der Waals surface area contributed by atoms with Crippen LogP contribution in [0.2, 0.25) is 0 Å². The summed E-state index contributed by atoms with van der Waals surface area (Å²) in [5, 5.41) is 7.12. The Morgan fingerprint density at radius 2 is 2.50 bits per heavy atom. The van der Waals surface area contributed by atoms with E-state index in [9.17, 15) is 0 Å². The Kier molecular flexibility index (Phi) is 2.87. The number of nitrogens with zero attached hydrogens (tertiary/aromatic N) is 2. The van der Waals surface area contributed by atoms with Gasteiger partial charge in [0.25, 0.3) is 0 Å². The molecule has 78 valence electrons. The minimum absolute atomic E-state index is 0.583. The predicted octanol–water partition coefficient (Wildman–Crippen LogP) is 2.20. The van der Waals surface area contributed by atoms with Crippen LogP contribution < -0.4 is 0 Å². The first-order valence-electron chi connectivity index (χ1n) is 5.50. The summed E-state index contributed by atoms with van der Waals surface area (Å²) in [6.07, 6.45) is 4.44. The van der Waals surface area contributed by atoms with Crippen molar-refractivity contribution in [2.75, 3.05) is 13.1 Å². The highest BCUT2D eigenvalue weighted by Crippen LogP contribution is 2.30. The summed E-state index contributed by atoms with van der Waals surface area (Å²) in [5.41, 5.74) is 1.28. The molecule has 1 saturated heterocycles. The van der Waals surface area contributed by atoms with Gasteiger partial charge in [0.1, 0.15) is 0 Å². The van der Waals surface area contributed by atoms with Gasteiger partial charge in [-0.3, -0.25) is 10.00 Å². The van der Waals surface area contributed by atoms with Gasteiger partial charge in [0.2, 0.25) is 0 Å². The number of hydrogen-bond acceptors (Lipinski definition) is 2. The van der Waals surface area contributed by atoms with E-state index in [1.54, 1.807) is 0 Å². The Labute approximate surface area is 85.5 Å². The molecule has 1 atom stereocenters. The molecule has 3 heteroatoms. The second-order valence-electron chi connectivity index (χ2n) is 4.56. The summed E-state index contributed by atoms with van der Waals surface area (Å²) in [5.74, 6) is 0.749. The predicted molar refractivity (Wildman–Crippen MR) is 57.0 cm³/mol. The van der Waals surface area contributed by atoms with E-state index >= 15 is 0 Å². The average Bonchev–Trinajstić information content (AvgIpc) is 2.70. The molecule has 2 rings (SSSR count). The van der Waals surface area contributed by atoms with Gasteiger partial charge >= 0.3 is 0 Å². The number of aromatic nitrogens is 2. The fourth-order valence-corrected chi connectivity index (χ4v) is 2.32. The Hall–Kier alpha value is -0.830. The molecule has 0 radical (unpaired) electrons. The first-order valence-corrected chi connectivity index (χ1v) is 5.50. The molecule has 1 aromatic rings. The lowest BCUT2D eigenvalue weighted by molar-refractivity contribution is 0.225. The molecule has 0 aliphatic carbocycles. The molecule has 1 aliphatic heterocycles. The molecule has 2 heterocycles. The van der Waals surface area contributed by atoms with Gasteiger partial charge in [0, 0.05) is 12.7 Å². The zero-order chi connectivity index (χ0) is 9.97. The van der Waals surface area contributed by atoms with Crippen molar-refractivity contribution < 1.29 is 0 Å². The second-order valence-corrected chi connectivity index (χ2v) is 4.56. The fraction of sp³-hybridized carbons (Fsp3) is 0.727. The molecule has 0 amide bonds. The molecular formula is C11H19N3. The Bertz CT molecular complexity index is 266. The van der Waals surface area contributed by atoms with Gasteiger partial charge in [-0.1, -0.05) is 13.8 Å². The van der Waals surface area contributed by atoms with E-state index < -0.39 is 0 Å². The van der Waals surface area contributed by atoms with E-state index in [0.29, 0.717) is 6.04 Å². The van der Waals surface area contributed by atoms with Gasteiger partial charge in [-0.25, -0.2) is 0 Å². The van der Waals surface area contributed by atoms with Crippen LogP contribution in [0.1, 0.15) is 38.4 Å². The van der Waals surface area contributed by atoms with E-state index in [4.69, 9.17) is 0 Å². The number of aromatic amines is 1. The van der Waals surface area contributed by atoms with Crippen LogP contribution in [-0.4, -0.2) is 28.2 Å². The number of likely N-dealkylation sites (tertiary alicyclic amines) is 1. The molecule has 1 fully saturated rings. The van der Waals surface area contributed by atoms with Crippen molar-refractivity contribution in [2.45, 2.75) is 32.7 Å². The van der Waals surface area contributed by atoms with Crippen LogP contribution in [0.25, 0.3) is 0 Å². The van der Waals surface area contributed by atoms with E-state index in [0.717, 1.165) is 5.92 Å². The third-order valence-corrected chi connectivity index (χ3v) is 2.84. The largest absolute Gasteiger partial charge is 0.295 e. The van der Waals surface area contributed by atoms with Crippen molar-refractivity contribution in [2.24, 2.45) is 5.92 Å². The fourth-order valence-electron chi connectivity index (χ4n) is 2.32. The topological polar surface area (TPSA) is 31.9 Å². The summed E-state index contributed by atoms with van der Waals surface area (Å²) in [4.78, 5) is 2.57. The molecule has 0 saturated carbocycles. The summed E-state index contributed by atoms with van der Waals surface area (Å²) in [6, 6.07) is 2.68. The van der Waals surface area contributed by atoms with Gasteiger partial charge in [-0.2, -0.15) is 5.10 Å². The first kappa shape index (κ1) is 9.71. The SMILES string of the molecule is CC(C)CN1CCCC1c1ccn[nH]1. The van der Waals surface area contributed by atoms with E-state index in [1.807, 2.05) is 6.20 Å². The van der Waals surface area contributed by atoms with Crippen molar-refractivity contribution in [3.8, 4) is 0 Å². The van der Waals surface area contributed by atoms with Crippen LogP contribution in [0.4, 0.5) is 0 Å². The molecule has 1 unspecified atom stereocenters. The molecule has 0 aromatic carbocycles. The van der Waals surface area contributed by atoms with Gasteiger partial charge in [-0.05, 0) is 31.4 Å². The van der Waals surface area contributed by atoms with Crippen LogP contribution in [0.5, 0.6) is 0 Å². The standard InChI is InChI=1S/C11H19N3/c1-9(2)8-14-7-3-4-11(14)10-5-6-12-13-10/h5-6,9,11H,3-4,7-8H2,1-2H3,(H,12,13). The van der Waals surface area contributed by atoms with E-state index in [1.165, 1.54) is 31.6 Å². The lowest BCUT2D eigenvalue weighted by Crippen LogP contribution is -2.27. The van der Waals surface area contributed by atoms with Crippen molar-refractivity contribution in [1.29, 1.82) is 0 Å². The highest BCUT2D eigenvalue weighted by atomic mass is 15.2. The Morgan fingerprint density at radius 1 is 1.64 bits per heavy atom. The first-order chi connectivity index (χ1) is 6.77. The molecule has 0 spiro atoms. The third kappa shape index (κ3) is 1.98. The summed E-state index contributed by atoms with van der Waals surface area (Å²) >= 11 is 0. The summed E-state index contributed by atoms with van der Waals surface area (Å²) in [7, 11) is 0. The maximum absolute atomic E-state index is 4.03. The third-order valence-electron chi connectivity index (χ3n) is 2.84. The molecule has 0 bridgehead atoms. The molecule has 1 aliphatic rings. The van der Waals surface area contributed by atoms with Gasteiger partial charge in [-0.15, -0.1) is 0 Å². The highest BCUT2D eigenvalue weighted by Gasteiger charge is 2.26. The normalized spacial score (nSPS) is 23.5. The van der Waals surface area contributed by atoms with Crippen LogP contribution >= 0.6 is 0 Å². The quantitative estimate of drug-likeness (QED) is 0.798. The van der Waals surface area contributed by atoms with Crippen molar-refractivity contribution in [3.05, 3.63) is 18.0 Å². The molecule has 1 N–H and O–H groups in total. The molecule has 14 heavy (non-hydrogen) atoms. The minimum Gasteiger partial charge on any atom is -0.295 e. The average molecular weight is 193 g/mol. The number of rotatable bonds is 3. The summed E-state index contributed by atoms with van der Waals surface area (Å²) in [6.45, 7) is 7.00. The summed E-state index contributed by atoms with van der Waals surface area (Å²) < 4.78 is 0.